The van der Waals surface area contributed by atoms with E-state index in [1.807, 2.05) is 0 Å². The molecule has 0 saturated heterocycles. The van der Waals surface area contributed by atoms with E-state index in [2.05, 4.69) is 10.3 Å². The highest BCUT2D eigenvalue weighted by Gasteiger charge is 2.16. The van der Waals surface area contributed by atoms with E-state index in [1.54, 1.807) is 46.3 Å². The molecule has 2 heterocycles. The van der Waals surface area contributed by atoms with Gasteiger partial charge in [0.15, 0.2) is 4.96 Å². The van der Waals surface area contributed by atoms with Gasteiger partial charge in [-0.05, 0) is 42.5 Å². The predicted molar refractivity (Wildman–Crippen MR) is 103 cm³/mol. The summed E-state index contributed by atoms with van der Waals surface area (Å²) in [5.41, 5.74) is 2.33. The fraction of sp³-hybridized carbons (Fsp3) is 0. The average Bonchev–Trinajstić information content (AvgIpc) is 3.18. The van der Waals surface area contributed by atoms with Gasteiger partial charge in [0.05, 0.1) is 16.4 Å². The Balaban J connectivity index is 1.66. The van der Waals surface area contributed by atoms with Crippen LogP contribution in [0.5, 0.6) is 0 Å². The van der Waals surface area contributed by atoms with Crippen molar-refractivity contribution in [1.29, 1.82) is 0 Å². The van der Waals surface area contributed by atoms with Crippen LogP contribution in [0.4, 0.5) is 10.1 Å². The van der Waals surface area contributed by atoms with Gasteiger partial charge < -0.3 is 5.32 Å². The maximum atomic E-state index is 13.1. The molecule has 1 amide bonds. The third kappa shape index (κ3) is 3.19. The Morgan fingerprint density at radius 3 is 2.65 bits per heavy atom. The molecule has 0 saturated carbocycles. The normalized spacial score (nSPS) is 11.0. The molecular weight excluding hydrogens is 396 g/mol. The molecule has 0 spiro atoms. The Kier molecular flexibility index (Phi) is 4.40. The number of rotatable bonds is 3. The van der Waals surface area contributed by atoms with Crippen molar-refractivity contribution in [2.75, 3.05) is 5.32 Å². The Labute approximate surface area is 161 Å². The van der Waals surface area contributed by atoms with E-state index in [4.69, 9.17) is 23.2 Å². The number of imidazole rings is 1. The van der Waals surface area contributed by atoms with E-state index in [1.165, 1.54) is 23.5 Å². The zero-order chi connectivity index (χ0) is 18.3. The number of carbonyl (C=O) groups excluding carboxylic acids is 1. The number of anilines is 1. The molecule has 0 radical (unpaired) electrons. The fourth-order valence-corrected chi connectivity index (χ4v) is 3.79. The number of hydrogen-bond acceptors (Lipinski definition) is 3. The van der Waals surface area contributed by atoms with Crippen molar-refractivity contribution in [1.82, 2.24) is 9.38 Å². The molecule has 26 heavy (non-hydrogen) atoms. The zero-order valence-electron chi connectivity index (χ0n) is 13.0. The lowest BCUT2D eigenvalue weighted by Crippen LogP contribution is -2.14. The molecule has 130 valence electrons. The van der Waals surface area contributed by atoms with Crippen LogP contribution in [0.25, 0.3) is 16.2 Å². The average molecular weight is 406 g/mol. The van der Waals surface area contributed by atoms with Crippen molar-refractivity contribution >= 4 is 51.1 Å². The summed E-state index contributed by atoms with van der Waals surface area (Å²) in [5, 5.41) is 5.33. The minimum atomic E-state index is -0.316. The van der Waals surface area contributed by atoms with Crippen LogP contribution in [0, 0.1) is 5.82 Å². The second kappa shape index (κ2) is 6.72. The lowest BCUT2D eigenvalue weighted by Gasteiger charge is -2.06. The molecule has 0 aliphatic heterocycles. The Bertz CT molecular complexity index is 1120. The smallest absolute Gasteiger partial charge is 0.273 e. The minimum absolute atomic E-state index is 0.310. The Morgan fingerprint density at radius 1 is 1.15 bits per heavy atom. The summed E-state index contributed by atoms with van der Waals surface area (Å²) in [4.78, 5) is 17.8. The third-order valence-electron chi connectivity index (χ3n) is 3.76. The summed E-state index contributed by atoms with van der Waals surface area (Å²) < 4.78 is 14.8. The van der Waals surface area contributed by atoms with Crippen LogP contribution >= 0.6 is 34.5 Å². The number of fused-ring (bicyclic) bond motifs is 1. The van der Waals surface area contributed by atoms with Gasteiger partial charge in [-0.1, -0.05) is 23.2 Å². The van der Waals surface area contributed by atoms with Gasteiger partial charge in [0.25, 0.3) is 5.91 Å². The first kappa shape index (κ1) is 17.0. The van der Waals surface area contributed by atoms with Gasteiger partial charge >= 0.3 is 0 Å². The number of hydrogen-bond donors (Lipinski definition) is 1. The molecule has 0 bridgehead atoms. The van der Waals surface area contributed by atoms with E-state index < -0.39 is 0 Å². The number of benzene rings is 2. The number of thiazole rings is 1. The van der Waals surface area contributed by atoms with Crippen molar-refractivity contribution in [3.63, 3.8) is 0 Å². The maximum Gasteiger partial charge on any atom is 0.273 e. The van der Waals surface area contributed by atoms with Gasteiger partial charge in [0.2, 0.25) is 0 Å². The predicted octanol–water partition coefficient (Wildman–Crippen LogP) is 5.76. The van der Waals surface area contributed by atoms with Crippen LogP contribution in [0.15, 0.2) is 54.0 Å². The first-order valence-corrected chi connectivity index (χ1v) is 9.14. The van der Waals surface area contributed by atoms with Gasteiger partial charge in [-0.3, -0.25) is 9.20 Å². The van der Waals surface area contributed by atoms with Crippen molar-refractivity contribution in [3.8, 4) is 11.3 Å². The van der Waals surface area contributed by atoms with Crippen LogP contribution in [0.3, 0.4) is 0 Å². The summed E-state index contributed by atoms with van der Waals surface area (Å²) in [7, 11) is 0. The highest BCUT2D eigenvalue weighted by molar-refractivity contribution is 7.15. The van der Waals surface area contributed by atoms with Crippen LogP contribution in [0.2, 0.25) is 10.0 Å². The number of amides is 1. The number of aromatic nitrogens is 2. The summed E-state index contributed by atoms with van der Waals surface area (Å²) in [6, 6.07) is 10.9. The molecule has 1 N–H and O–H groups in total. The lowest BCUT2D eigenvalue weighted by molar-refractivity contribution is 0.102. The summed E-state index contributed by atoms with van der Waals surface area (Å²) in [6.45, 7) is 0. The first-order chi connectivity index (χ1) is 12.5. The maximum absolute atomic E-state index is 13.1. The molecule has 4 aromatic rings. The van der Waals surface area contributed by atoms with Crippen molar-refractivity contribution in [3.05, 3.63) is 75.6 Å². The lowest BCUT2D eigenvalue weighted by atomic mass is 10.2. The van der Waals surface area contributed by atoms with Crippen molar-refractivity contribution in [2.45, 2.75) is 0 Å². The number of nitrogens with one attached hydrogen (secondary N) is 1. The molecule has 0 aliphatic rings. The second-order valence-electron chi connectivity index (χ2n) is 5.48. The Morgan fingerprint density at radius 2 is 1.92 bits per heavy atom. The summed E-state index contributed by atoms with van der Waals surface area (Å²) in [5.74, 6) is -0.627. The molecule has 0 aliphatic carbocycles. The van der Waals surface area contributed by atoms with E-state index >= 15 is 0 Å². The summed E-state index contributed by atoms with van der Waals surface area (Å²) in [6.07, 6.45) is 1.75. The fourth-order valence-electron chi connectivity index (χ4n) is 2.48. The third-order valence-corrected chi connectivity index (χ3v) is 5.15. The molecule has 0 unspecified atom stereocenters. The van der Waals surface area contributed by atoms with Crippen molar-refractivity contribution in [2.24, 2.45) is 0 Å². The molecular formula is C18H10Cl2FN3OS. The molecule has 0 fully saturated rings. The van der Waals surface area contributed by atoms with Crippen LogP contribution in [-0.4, -0.2) is 15.3 Å². The van der Waals surface area contributed by atoms with E-state index in [-0.39, 0.29) is 11.7 Å². The molecule has 2 aromatic heterocycles. The van der Waals surface area contributed by atoms with E-state index in [9.17, 15) is 9.18 Å². The van der Waals surface area contributed by atoms with Crippen LogP contribution < -0.4 is 5.32 Å². The topological polar surface area (TPSA) is 46.4 Å². The Hall–Kier alpha value is -2.41. The second-order valence-corrected chi connectivity index (χ2v) is 7.17. The SMILES string of the molecule is O=C(Nc1ccc(Cl)cc1Cl)c1csc2nc(-c3ccc(F)cc3)cn12. The monoisotopic (exact) mass is 405 g/mol. The highest BCUT2D eigenvalue weighted by Crippen LogP contribution is 2.27. The molecule has 4 nitrogen and oxygen atoms in total. The molecule has 8 heteroatoms. The standard InChI is InChI=1S/C18H10Cl2FN3OS/c19-11-3-6-14(13(20)7-11)22-17(25)16-9-26-18-23-15(8-24(16)18)10-1-4-12(21)5-2-10/h1-9H,(H,22,25). The molecule has 2 aromatic carbocycles. The quantitative estimate of drug-likeness (QED) is 0.470. The van der Waals surface area contributed by atoms with Gasteiger partial charge in [-0.2, -0.15) is 0 Å². The first-order valence-electron chi connectivity index (χ1n) is 7.50. The summed E-state index contributed by atoms with van der Waals surface area (Å²) >= 11 is 13.3. The van der Waals surface area contributed by atoms with Crippen LogP contribution in [0.1, 0.15) is 10.5 Å². The highest BCUT2D eigenvalue weighted by atomic mass is 35.5. The number of halogens is 3. The van der Waals surface area contributed by atoms with E-state index in [0.717, 1.165) is 5.56 Å². The van der Waals surface area contributed by atoms with Gasteiger partial charge in [0, 0.05) is 22.2 Å². The van der Waals surface area contributed by atoms with E-state index in [0.29, 0.717) is 32.1 Å². The van der Waals surface area contributed by atoms with Crippen molar-refractivity contribution < 1.29 is 9.18 Å². The molecule has 0 atom stereocenters. The minimum Gasteiger partial charge on any atom is -0.319 e. The van der Waals surface area contributed by atoms with Gasteiger partial charge in [-0.15, -0.1) is 11.3 Å². The van der Waals surface area contributed by atoms with Gasteiger partial charge in [-0.25, -0.2) is 9.37 Å². The largest absolute Gasteiger partial charge is 0.319 e. The zero-order valence-corrected chi connectivity index (χ0v) is 15.4. The van der Waals surface area contributed by atoms with Crippen LogP contribution in [-0.2, 0) is 0 Å². The number of carbonyl (C=O) groups is 1. The van der Waals surface area contributed by atoms with Gasteiger partial charge in [0.1, 0.15) is 11.5 Å². The molecule has 4 rings (SSSR count). The number of nitrogens with zero attached hydrogens (tertiary/aromatic N) is 2.